The minimum Gasteiger partial charge on any atom is -0.503 e. The summed E-state index contributed by atoms with van der Waals surface area (Å²) in [6.45, 7) is 0.235. The molecule has 0 aliphatic heterocycles. The summed E-state index contributed by atoms with van der Waals surface area (Å²) in [6, 6.07) is 9.10. The minimum atomic E-state index is -0.406. The molecule has 0 atom stereocenters. The van der Waals surface area contributed by atoms with Crippen molar-refractivity contribution in [3.05, 3.63) is 67.8 Å². The van der Waals surface area contributed by atoms with Crippen molar-refractivity contribution in [1.29, 1.82) is 0 Å². The van der Waals surface area contributed by atoms with Crippen molar-refractivity contribution in [3.63, 3.8) is 0 Å². The van der Waals surface area contributed by atoms with Gasteiger partial charge in [0.15, 0.2) is 16.5 Å². The lowest BCUT2D eigenvalue weighted by molar-refractivity contribution is 0.0950. The SMILES string of the molecule is COc1cc(/C=C(\Cl)c2nnc(C(=O)NCc3ccc(F)cc3)s2)cc(Br)c1O. The van der Waals surface area contributed by atoms with E-state index in [9.17, 15) is 14.3 Å². The number of aromatic nitrogens is 2. The second-order valence-electron chi connectivity index (χ2n) is 5.77. The number of methoxy groups -OCH3 is 1. The van der Waals surface area contributed by atoms with Gasteiger partial charge in [0, 0.05) is 6.54 Å². The molecular formula is C19H14BrClFN3O3S. The average molecular weight is 499 g/mol. The summed E-state index contributed by atoms with van der Waals surface area (Å²) < 4.78 is 18.5. The Hall–Kier alpha value is -2.49. The Bertz CT molecular complexity index is 1070. The number of hydrogen-bond donors (Lipinski definition) is 2. The van der Waals surface area contributed by atoms with E-state index in [1.807, 2.05) is 0 Å². The Balaban J connectivity index is 1.71. The number of rotatable bonds is 6. The summed E-state index contributed by atoms with van der Waals surface area (Å²) in [5, 5.41) is 21.2. The van der Waals surface area contributed by atoms with E-state index in [1.165, 1.54) is 19.2 Å². The van der Waals surface area contributed by atoms with E-state index in [4.69, 9.17) is 16.3 Å². The van der Waals surface area contributed by atoms with E-state index >= 15 is 0 Å². The van der Waals surface area contributed by atoms with E-state index < -0.39 is 5.91 Å². The largest absolute Gasteiger partial charge is 0.503 e. The molecule has 6 nitrogen and oxygen atoms in total. The molecule has 10 heteroatoms. The number of carbonyl (C=O) groups is 1. The van der Waals surface area contributed by atoms with Gasteiger partial charge in [0.25, 0.3) is 5.91 Å². The number of carbonyl (C=O) groups excluding carboxylic acids is 1. The van der Waals surface area contributed by atoms with Gasteiger partial charge >= 0.3 is 0 Å². The summed E-state index contributed by atoms with van der Waals surface area (Å²) in [5.41, 5.74) is 1.42. The maximum Gasteiger partial charge on any atom is 0.282 e. The zero-order valence-corrected chi connectivity index (χ0v) is 18.1. The van der Waals surface area contributed by atoms with Gasteiger partial charge in [-0.1, -0.05) is 35.1 Å². The minimum absolute atomic E-state index is 0.0169. The van der Waals surface area contributed by atoms with Gasteiger partial charge in [0.05, 0.1) is 16.6 Å². The van der Waals surface area contributed by atoms with Crippen LogP contribution in [0, 0.1) is 5.82 Å². The molecule has 3 aromatic rings. The Labute approximate surface area is 183 Å². The van der Waals surface area contributed by atoms with Gasteiger partial charge in [0.1, 0.15) is 5.82 Å². The standard InChI is InChI=1S/C19H14BrClFN3O3S/c1-28-15-8-11(6-13(20)16(15)26)7-14(21)18-24-25-19(29-18)17(27)23-9-10-2-4-12(22)5-3-10/h2-8,26H,9H2,1H3,(H,23,27)/b14-7-. The summed E-state index contributed by atoms with van der Waals surface area (Å²) in [4.78, 5) is 12.3. The van der Waals surface area contributed by atoms with Gasteiger partial charge in [-0.05, 0) is 57.4 Å². The summed E-state index contributed by atoms with van der Waals surface area (Å²) >= 11 is 10.6. The highest BCUT2D eigenvalue weighted by Crippen LogP contribution is 2.36. The normalized spacial score (nSPS) is 11.4. The highest BCUT2D eigenvalue weighted by Gasteiger charge is 2.15. The molecule has 0 saturated heterocycles. The van der Waals surface area contributed by atoms with E-state index in [2.05, 4.69) is 31.4 Å². The number of phenols is 1. The number of nitrogens with zero attached hydrogens (tertiary/aromatic N) is 2. The first-order chi connectivity index (χ1) is 13.9. The number of phenolic OH excluding ortho intramolecular Hbond substituents is 1. The van der Waals surface area contributed by atoms with Crippen molar-refractivity contribution in [1.82, 2.24) is 15.5 Å². The van der Waals surface area contributed by atoms with Gasteiger partial charge in [-0.2, -0.15) is 0 Å². The molecule has 0 unspecified atom stereocenters. The predicted molar refractivity (Wildman–Crippen MR) is 114 cm³/mol. The molecule has 0 bridgehead atoms. The first-order valence-corrected chi connectivity index (χ1v) is 10.2. The monoisotopic (exact) mass is 497 g/mol. The van der Waals surface area contributed by atoms with Crippen molar-refractivity contribution in [2.75, 3.05) is 7.11 Å². The third-order valence-electron chi connectivity index (χ3n) is 3.75. The van der Waals surface area contributed by atoms with Crippen molar-refractivity contribution in [2.24, 2.45) is 0 Å². The van der Waals surface area contributed by atoms with Crippen LogP contribution in [0.1, 0.15) is 25.9 Å². The average Bonchev–Trinajstić information content (AvgIpc) is 3.20. The van der Waals surface area contributed by atoms with Crippen LogP contribution in [-0.2, 0) is 6.54 Å². The molecule has 2 aromatic carbocycles. The molecule has 3 rings (SSSR count). The molecule has 150 valence electrons. The number of benzene rings is 2. The molecule has 1 heterocycles. The Kier molecular flexibility index (Phi) is 6.83. The third kappa shape index (κ3) is 5.31. The fourth-order valence-corrected chi connectivity index (χ4v) is 3.72. The summed E-state index contributed by atoms with van der Waals surface area (Å²) in [6.07, 6.45) is 1.62. The maximum atomic E-state index is 12.9. The van der Waals surface area contributed by atoms with Crippen LogP contribution in [0.3, 0.4) is 0 Å². The van der Waals surface area contributed by atoms with Crippen LogP contribution in [-0.4, -0.2) is 28.3 Å². The lowest BCUT2D eigenvalue weighted by atomic mass is 10.2. The van der Waals surface area contributed by atoms with Crippen LogP contribution in [0.5, 0.6) is 11.5 Å². The number of aromatic hydroxyl groups is 1. The molecular weight excluding hydrogens is 485 g/mol. The summed E-state index contributed by atoms with van der Waals surface area (Å²) in [5.74, 6) is -0.477. The highest BCUT2D eigenvalue weighted by atomic mass is 79.9. The summed E-state index contributed by atoms with van der Waals surface area (Å²) in [7, 11) is 1.44. The second kappa shape index (κ2) is 9.34. The van der Waals surface area contributed by atoms with E-state index in [0.29, 0.717) is 15.0 Å². The van der Waals surface area contributed by atoms with Gasteiger partial charge < -0.3 is 15.2 Å². The molecule has 0 spiro atoms. The van der Waals surface area contributed by atoms with Crippen molar-refractivity contribution < 1.29 is 19.0 Å². The van der Waals surface area contributed by atoms with Crippen LogP contribution < -0.4 is 10.1 Å². The van der Waals surface area contributed by atoms with Crippen LogP contribution in [0.15, 0.2) is 40.9 Å². The topological polar surface area (TPSA) is 84.3 Å². The van der Waals surface area contributed by atoms with E-state index in [1.54, 1.807) is 30.3 Å². The van der Waals surface area contributed by atoms with Crippen molar-refractivity contribution >= 4 is 55.9 Å². The van der Waals surface area contributed by atoms with Gasteiger partial charge in [-0.3, -0.25) is 4.79 Å². The number of nitrogens with one attached hydrogen (secondary N) is 1. The van der Waals surface area contributed by atoms with Crippen molar-refractivity contribution in [3.8, 4) is 11.5 Å². The fraction of sp³-hybridized carbons (Fsp3) is 0.105. The molecule has 0 aliphatic carbocycles. The van der Waals surface area contributed by atoms with Gasteiger partial charge in [-0.15, -0.1) is 10.2 Å². The van der Waals surface area contributed by atoms with Crippen LogP contribution in [0.25, 0.3) is 11.1 Å². The Morgan fingerprint density at radius 1 is 1.31 bits per heavy atom. The molecule has 2 N–H and O–H groups in total. The predicted octanol–water partition coefficient (Wildman–Crippen LogP) is 4.82. The molecule has 0 aliphatic rings. The third-order valence-corrected chi connectivity index (χ3v) is 5.71. The van der Waals surface area contributed by atoms with Crippen LogP contribution >= 0.6 is 38.9 Å². The highest BCUT2D eigenvalue weighted by molar-refractivity contribution is 9.10. The molecule has 0 radical (unpaired) electrons. The molecule has 1 aromatic heterocycles. The van der Waals surface area contributed by atoms with Crippen LogP contribution in [0.4, 0.5) is 4.39 Å². The Morgan fingerprint density at radius 3 is 2.69 bits per heavy atom. The molecule has 0 fully saturated rings. The zero-order valence-electron chi connectivity index (χ0n) is 14.9. The Morgan fingerprint density at radius 2 is 2.00 bits per heavy atom. The maximum absolute atomic E-state index is 12.9. The molecule has 29 heavy (non-hydrogen) atoms. The van der Waals surface area contributed by atoms with Gasteiger partial charge in [0.2, 0.25) is 5.01 Å². The quantitative estimate of drug-likeness (QED) is 0.509. The number of halogens is 3. The smallest absolute Gasteiger partial charge is 0.282 e. The number of hydrogen-bond acceptors (Lipinski definition) is 6. The number of ether oxygens (including phenoxy) is 1. The fourth-order valence-electron chi connectivity index (χ4n) is 2.31. The van der Waals surface area contributed by atoms with Gasteiger partial charge in [-0.25, -0.2) is 4.39 Å². The molecule has 0 saturated carbocycles. The zero-order chi connectivity index (χ0) is 21.0. The first kappa shape index (κ1) is 21.2. The second-order valence-corrected chi connectivity index (χ2v) is 8.01. The van der Waals surface area contributed by atoms with Crippen molar-refractivity contribution in [2.45, 2.75) is 6.54 Å². The molecule has 1 amide bonds. The first-order valence-electron chi connectivity index (χ1n) is 8.17. The lowest BCUT2D eigenvalue weighted by Gasteiger charge is -2.06. The lowest BCUT2D eigenvalue weighted by Crippen LogP contribution is -2.22. The van der Waals surface area contributed by atoms with E-state index in [0.717, 1.165) is 16.9 Å². The van der Waals surface area contributed by atoms with Crippen LogP contribution in [0.2, 0.25) is 0 Å². The van der Waals surface area contributed by atoms with E-state index in [-0.39, 0.29) is 33.9 Å². The number of amides is 1.